The number of nitrogens with zero attached hydrogens (tertiary/aromatic N) is 1. The van der Waals surface area contributed by atoms with E-state index in [4.69, 9.17) is 0 Å². The molecule has 2 rings (SSSR count). The molecule has 0 atom stereocenters. The molecule has 104 valence electrons. The van der Waals surface area contributed by atoms with Gasteiger partial charge >= 0.3 is 0 Å². The van der Waals surface area contributed by atoms with E-state index in [0.29, 0.717) is 16.6 Å². The Bertz CT molecular complexity index is 647. The molecule has 1 amide bonds. The molecule has 0 aliphatic carbocycles. The highest BCUT2D eigenvalue weighted by atomic mass is 32.2. The Morgan fingerprint density at radius 3 is 2.40 bits per heavy atom. The van der Waals surface area contributed by atoms with E-state index in [2.05, 4.69) is 10.3 Å². The predicted molar refractivity (Wildman–Crippen MR) is 69.0 cm³/mol. The van der Waals surface area contributed by atoms with Gasteiger partial charge in [-0.15, -0.1) is 0 Å². The third kappa shape index (κ3) is 3.51. The Morgan fingerprint density at radius 2 is 1.80 bits per heavy atom. The quantitative estimate of drug-likeness (QED) is 0.880. The van der Waals surface area contributed by atoms with Crippen molar-refractivity contribution in [2.75, 3.05) is 5.32 Å². The van der Waals surface area contributed by atoms with Crippen LogP contribution in [0, 0.1) is 17.6 Å². The van der Waals surface area contributed by atoms with Gasteiger partial charge < -0.3 is 5.32 Å². The normalized spacial score (nSPS) is 10.4. The van der Waals surface area contributed by atoms with Crippen molar-refractivity contribution in [2.24, 2.45) is 0 Å². The van der Waals surface area contributed by atoms with Gasteiger partial charge in [-0.05, 0) is 24.3 Å². The van der Waals surface area contributed by atoms with Crippen molar-refractivity contribution in [3.8, 4) is 0 Å². The van der Waals surface area contributed by atoms with Crippen LogP contribution in [-0.2, 0) is 4.79 Å². The molecule has 0 aliphatic rings. The number of benzene rings is 1. The highest BCUT2D eigenvalue weighted by molar-refractivity contribution is 7.99. The Labute approximate surface area is 117 Å². The summed E-state index contributed by atoms with van der Waals surface area (Å²) in [6.07, 6.45) is 0. The fourth-order valence-electron chi connectivity index (χ4n) is 1.42. The molecule has 0 saturated carbocycles. The maximum absolute atomic E-state index is 13.4. The number of aromatic nitrogens is 1. The topological polar surface area (TPSA) is 42.0 Å². The first-order valence-electron chi connectivity index (χ1n) is 5.53. The number of carbonyl (C=O) groups excluding carboxylic acids is 1. The van der Waals surface area contributed by atoms with E-state index in [0.717, 1.165) is 11.8 Å². The van der Waals surface area contributed by atoms with E-state index >= 15 is 0 Å². The first kappa shape index (κ1) is 14.4. The number of hydrogen-bond donors (Lipinski definition) is 1. The average molecular weight is 298 g/mol. The van der Waals surface area contributed by atoms with Crippen molar-refractivity contribution >= 4 is 23.4 Å². The highest BCUT2D eigenvalue weighted by Crippen LogP contribution is 2.29. The second kappa shape index (κ2) is 5.96. The maximum Gasteiger partial charge on any atom is 0.250 e. The fraction of sp³-hybridized carbons (Fsp3) is 0.0769. The lowest BCUT2D eigenvalue weighted by Gasteiger charge is -2.05. The Hall–Kier alpha value is -2.02. The SMILES string of the molecule is CC(=O)Nc1ccc(Sc2nc(F)c(F)cc2F)cc1. The van der Waals surface area contributed by atoms with Gasteiger partial charge in [-0.1, -0.05) is 11.8 Å². The Kier molecular flexibility index (Phi) is 4.29. The number of halogens is 3. The van der Waals surface area contributed by atoms with Gasteiger partial charge in [0.1, 0.15) is 5.03 Å². The molecule has 3 nitrogen and oxygen atoms in total. The van der Waals surface area contributed by atoms with Gasteiger partial charge in [0.25, 0.3) is 0 Å². The molecule has 0 saturated heterocycles. The van der Waals surface area contributed by atoms with Crippen LogP contribution in [0.3, 0.4) is 0 Å². The summed E-state index contributed by atoms with van der Waals surface area (Å²) in [7, 11) is 0. The van der Waals surface area contributed by atoms with Crippen molar-refractivity contribution in [3.63, 3.8) is 0 Å². The minimum absolute atomic E-state index is 0.210. The number of nitrogens with one attached hydrogen (secondary N) is 1. The molecule has 1 aromatic heterocycles. The Morgan fingerprint density at radius 1 is 1.15 bits per heavy atom. The molecule has 0 unspecified atom stereocenters. The summed E-state index contributed by atoms with van der Waals surface area (Å²) in [6.45, 7) is 1.38. The van der Waals surface area contributed by atoms with Crippen LogP contribution in [0.15, 0.2) is 40.3 Å². The largest absolute Gasteiger partial charge is 0.326 e. The van der Waals surface area contributed by atoms with E-state index in [1.165, 1.54) is 6.92 Å². The smallest absolute Gasteiger partial charge is 0.250 e. The number of carbonyl (C=O) groups is 1. The summed E-state index contributed by atoms with van der Waals surface area (Å²) in [5.41, 5.74) is 0.584. The van der Waals surface area contributed by atoms with Crippen molar-refractivity contribution in [1.82, 2.24) is 4.98 Å². The van der Waals surface area contributed by atoms with E-state index in [1.54, 1.807) is 24.3 Å². The molecule has 0 fully saturated rings. The molecule has 7 heteroatoms. The van der Waals surface area contributed by atoms with Crippen LogP contribution in [0.25, 0.3) is 0 Å². The second-order valence-electron chi connectivity index (χ2n) is 3.86. The first-order chi connectivity index (χ1) is 9.45. The number of amides is 1. The maximum atomic E-state index is 13.4. The molecule has 1 aromatic carbocycles. The lowest BCUT2D eigenvalue weighted by molar-refractivity contribution is -0.114. The van der Waals surface area contributed by atoms with Gasteiger partial charge in [0.2, 0.25) is 11.9 Å². The van der Waals surface area contributed by atoms with E-state index in [9.17, 15) is 18.0 Å². The van der Waals surface area contributed by atoms with Crippen LogP contribution in [0.2, 0.25) is 0 Å². The monoisotopic (exact) mass is 298 g/mol. The van der Waals surface area contributed by atoms with Crippen molar-refractivity contribution in [1.29, 1.82) is 0 Å². The minimum atomic E-state index is -1.34. The van der Waals surface area contributed by atoms with Crippen LogP contribution >= 0.6 is 11.8 Å². The minimum Gasteiger partial charge on any atom is -0.326 e. The zero-order valence-electron chi connectivity index (χ0n) is 10.3. The Balaban J connectivity index is 2.18. The number of pyridine rings is 1. The number of rotatable bonds is 3. The van der Waals surface area contributed by atoms with Crippen molar-refractivity contribution in [3.05, 3.63) is 47.9 Å². The molecule has 0 radical (unpaired) electrons. The zero-order valence-corrected chi connectivity index (χ0v) is 11.1. The molecule has 0 bridgehead atoms. The van der Waals surface area contributed by atoms with Crippen molar-refractivity contribution in [2.45, 2.75) is 16.8 Å². The first-order valence-corrected chi connectivity index (χ1v) is 6.34. The molecule has 2 aromatic rings. The zero-order chi connectivity index (χ0) is 14.7. The number of hydrogen-bond acceptors (Lipinski definition) is 3. The summed E-state index contributed by atoms with van der Waals surface area (Å²) in [4.78, 5) is 14.6. The summed E-state index contributed by atoms with van der Waals surface area (Å²) >= 11 is 0.859. The van der Waals surface area contributed by atoms with Crippen LogP contribution in [0.1, 0.15) is 6.92 Å². The summed E-state index contributed by atoms with van der Waals surface area (Å²) < 4.78 is 39.1. The van der Waals surface area contributed by atoms with E-state index in [1.807, 2.05) is 0 Å². The average Bonchev–Trinajstić information content (AvgIpc) is 2.37. The van der Waals surface area contributed by atoms with E-state index < -0.39 is 17.6 Å². The summed E-state index contributed by atoms with van der Waals surface area (Å²) in [5.74, 6) is -3.81. The van der Waals surface area contributed by atoms with Crippen LogP contribution in [-0.4, -0.2) is 10.9 Å². The third-order valence-corrected chi connectivity index (χ3v) is 3.23. The standard InChI is InChI=1S/C13H9F3N2OS/c1-7(19)17-8-2-4-9(5-3-8)20-13-11(15)6-10(14)12(16)18-13/h2-6H,1H3,(H,17,19). The molecule has 20 heavy (non-hydrogen) atoms. The van der Waals surface area contributed by atoms with Crippen molar-refractivity contribution < 1.29 is 18.0 Å². The molecule has 1 heterocycles. The lowest BCUT2D eigenvalue weighted by atomic mass is 10.3. The van der Waals surface area contributed by atoms with Gasteiger partial charge in [0.05, 0.1) is 0 Å². The van der Waals surface area contributed by atoms with Gasteiger partial charge in [-0.25, -0.2) is 13.8 Å². The van der Waals surface area contributed by atoms with Crippen LogP contribution in [0.4, 0.5) is 18.9 Å². The lowest BCUT2D eigenvalue weighted by Crippen LogP contribution is -2.05. The predicted octanol–water partition coefficient (Wildman–Crippen LogP) is 3.61. The molecule has 0 spiro atoms. The third-order valence-electron chi connectivity index (χ3n) is 2.24. The highest BCUT2D eigenvalue weighted by Gasteiger charge is 2.12. The molecular weight excluding hydrogens is 289 g/mol. The van der Waals surface area contributed by atoms with Gasteiger partial charge in [-0.2, -0.15) is 4.39 Å². The van der Waals surface area contributed by atoms with Crippen LogP contribution < -0.4 is 5.32 Å². The van der Waals surface area contributed by atoms with Gasteiger partial charge in [-0.3, -0.25) is 4.79 Å². The fourth-order valence-corrected chi connectivity index (χ4v) is 2.20. The van der Waals surface area contributed by atoms with Gasteiger partial charge in [0, 0.05) is 23.6 Å². The second-order valence-corrected chi connectivity index (χ2v) is 4.92. The van der Waals surface area contributed by atoms with E-state index in [-0.39, 0.29) is 10.9 Å². The van der Waals surface area contributed by atoms with Gasteiger partial charge in [0.15, 0.2) is 11.6 Å². The molecule has 1 N–H and O–H groups in total. The summed E-state index contributed by atoms with van der Waals surface area (Å²) in [5, 5.41) is 2.32. The molecular formula is C13H9F3N2OS. The number of anilines is 1. The summed E-state index contributed by atoms with van der Waals surface area (Å²) in [6, 6.07) is 6.90. The molecule has 0 aliphatic heterocycles. The van der Waals surface area contributed by atoms with Crippen LogP contribution in [0.5, 0.6) is 0 Å².